The SMILES string of the molecule is CCC(C)(C)C(O)CC(O)C(C)(C)CC.[Ir].[c-]1cc2ccc3ccccc3c2cc1-c1ccccn1. The van der Waals surface area contributed by atoms with Crippen molar-refractivity contribution in [1.29, 1.82) is 0 Å². The van der Waals surface area contributed by atoms with E-state index in [-0.39, 0.29) is 30.9 Å². The molecule has 3 aromatic carbocycles. The molecule has 0 bridgehead atoms. The van der Waals surface area contributed by atoms with E-state index in [0.717, 1.165) is 24.1 Å². The van der Waals surface area contributed by atoms with E-state index < -0.39 is 12.2 Å². The molecular weight excluding hydrogens is 623 g/mol. The first-order valence-corrected chi connectivity index (χ1v) is 12.7. The van der Waals surface area contributed by atoms with Gasteiger partial charge in [0.15, 0.2) is 0 Å². The van der Waals surface area contributed by atoms with Crippen LogP contribution in [0.5, 0.6) is 0 Å². The molecule has 0 aliphatic carbocycles. The van der Waals surface area contributed by atoms with E-state index in [9.17, 15) is 10.2 Å². The van der Waals surface area contributed by atoms with Crippen LogP contribution < -0.4 is 0 Å². The minimum absolute atomic E-state index is 0. The molecule has 195 valence electrons. The van der Waals surface area contributed by atoms with E-state index in [4.69, 9.17) is 0 Å². The molecule has 4 aromatic rings. The second-order valence-electron chi connectivity index (χ2n) is 10.8. The van der Waals surface area contributed by atoms with Crippen molar-refractivity contribution in [3.8, 4) is 11.3 Å². The van der Waals surface area contributed by atoms with E-state index in [1.54, 1.807) is 0 Å². The molecule has 0 amide bonds. The predicted octanol–water partition coefficient (Wildman–Crippen LogP) is 7.82. The molecule has 2 unspecified atom stereocenters. The van der Waals surface area contributed by atoms with Crippen LogP contribution in [0.2, 0.25) is 0 Å². The molecule has 2 atom stereocenters. The fourth-order valence-corrected chi connectivity index (χ4v) is 3.93. The molecule has 3 nitrogen and oxygen atoms in total. The number of benzene rings is 3. The summed E-state index contributed by atoms with van der Waals surface area (Å²) in [6.07, 6.45) is 3.28. The van der Waals surface area contributed by atoms with Crippen LogP contribution in [-0.2, 0) is 20.1 Å². The monoisotopic (exact) mass is 663 g/mol. The summed E-state index contributed by atoms with van der Waals surface area (Å²) >= 11 is 0. The number of aliphatic hydroxyl groups excluding tert-OH is 2. The molecule has 1 aromatic heterocycles. The van der Waals surface area contributed by atoms with Gasteiger partial charge in [-0.2, -0.15) is 0 Å². The summed E-state index contributed by atoms with van der Waals surface area (Å²) in [6.45, 7) is 12.3. The first kappa shape index (κ1) is 30.1. The average molecular weight is 663 g/mol. The van der Waals surface area contributed by atoms with Crippen molar-refractivity contribution in [2.24, 2.45) is 10.8 Å². The Kier molecular flexibility index (Phi) is 10.8. The quantitative estimate of drug-likeness (QED) is 0.157. The first-order chi connectivity index (χ1) is 16.6. The van der Waals surface area contributed by atoms with Crippen molar-refractivity contribution in [2.75, 3.05) is 0 Å². The van der Waals surface area contributed by atoms with E-state index in [0.29, 0.717) is 6.42 Å². The molecule has 4 rings (SSSR count). The fourth-order valence-electron chi connectivity index (χ4n) is 3.93. The Balaban J connectivity index is 0.000000260. The zero-order chi connectivity index (χ0) is 25.6. The number of aromatic nitrogens is 1. The molecule has 1 heterocycles. The van der Waals surface area contributed by atoms with Crippen molar-refractivity contribution >= 4 is 21.5 Å². The van der Waals surface area contributed by atoms with E-state index in [1.165, 1.54) is 21.5 Å². The zero-order valence-electron chi connectivity index (χ0n) is 22.4. The van der Waals surface area contributed by atoms with Crippen LogP contribution in [0.1, 0.15) is 60.8 Å². The zero-order valence-corrected chi connectivity index (χ0v) is 24.8. The molecule has 0 aliphatic heterocycles. The van der Waals surface area contributed by atoms with E-state index >= 15 is 0 Å². The number of hydrogen-bond acceptors (Lipinski definition) is 3. The molecular formula is C32H40IrNO2-. The topological polar surface area (TPSA) is 53.4 Å². The molecule has 36 heavy (non-hydrogen) atoms. The van der Waals surface area contributed by atoms with Crippen molar-refractivity contribution < 1.29 is 30.3 Å². The molecule has 0 aliphatic rings. The molecule has 4 heteroatoms. The molecule has 0 fully saturated rings. The van der Waals surface area contributed by atoms with Gasteiger partial charge in [-0.15, -0.1) is 23.8 Å². The van der Waals surface area contributed by atoms with Gasteiger partial charge >= 0.3 is 0 Å². The van der Waals surface area contributed by atoms with Gasteiger partial charge in [0.25, 0.3) is 0 Å². The van der Waals surface area contributed by atoms with Crippen LogP contribution >= 0.6 is 0 Å². The maximum Gasteiger partial charge on any atom is 0.0615 e. The largest absolute Gasteiger partial charge is 0.392 e. The van der Waals surface area contributed by atoms with Gasteiger partial charge in [-0.05, 0) is 46.2 Å². The molecule has 0 spiro atoms. The van der Waals surface area contributed by atoms with Gasteiger partial charge in [0.2, 0.25) is 0 Å². The Morgan fingerprint density at radius 3 is 1.94 bits per heavy atom. The fraction of sp³-hybridized carbons (Fsp3) is 0.406. The Morgan fingerprint density at radius 1 is 0.778 bits per heavy atom. The van der Waals surface area contributed by atoms with Gasteiger partial charge < -0.3 is 15.2 Å². The average Bonchev–Trinajstić information content (AvgIpc) is 2.89. The van der Waals surface area contributed by atoms with Crippen LogP contribution in [0, 0.1) is 16.9 Å². The summed E-state index contributed by atoms with van der Waals surface area (Å²) in [5, 5.41) is 25.1. The third-order valence-electron chi connectivity index (χ3n) is 7.69. The van der Waals surface area contributed by atoms with Crippen LogP contribution in [0.4, 0.5) is 0 Å². The van der Waals surface area contributed by atoms with Gasteiger partial charge in [0.1, 0.15) is 0 Å². The predicted molar refractivity (Wildman–Crippen MR) is 148 cm³/mol. The summed E-state index contributed by atoms with van der Waals surface area (Å²) < 4.78 is 0. The summed E-state index contributed by atoms with van der Waals surface area (Å²) in [5.74, 6) is 0. The Morgan fingerprint density at radius 2 is 1.36 bits per heavy atom. The number of nitrogens with zero attached hydrogens (tertiary/aromatic N) is 1. The number of fused-ring (bicyclic) bond motifs is 3. The molecule has 0 saturated heterocycles. The summed E-state index contributed by atoms with van der Waals surface area (Å²) in [4.78, 5) is 4.40. The number of hydrogen-bond donors (Lipinski definition) is 2. The van der Waals surface area contributed by atoms with Crippen molar-refractivity contribution in [3.05, 3.63) is 79.0 Å². The standard InChI is InChI=1S/C19H12N.C13H28O2.Ir/c1-2-6-17-14(5-1)8-9-15-10-11-16(13-18(15)17)19-7-3-4-12-20-19;1-7-12(3,4)10(14)9-11(15)13(5,6)8-2;/h1-10,12-13H;10-11,14-15H,7-9H2,1-6H3;/q-1;;. The number of pyridine rings is 1. The van der Waals surface area contributed by atoms with Gasteiger partial charge in [-0.3, -0.25) is 0 Å². The molecule has 1 radical (unpaired) electrons. The Bertz CT molecular complexity index is 1220. The van der Waals surface area contributed by atoms with Crippen molar-refractivity contribution in [3.63, 3.8) is 0 Å². The molecule has 0 saturated carbocycles. The van der Waals surface area contributed by atoms with Gasteiger partial charge in [-0.1, -0.05) is 101 Å². The van der Waals surface area contributed by atoms with Crippen molar-refractivity contribution in [2.45, 2.75) is 73.0 Å². The number of rotatable bonds is 7. The van der Waals surface area contributed by atoms with Gasteiger partial charge in [-0.25, -0.2) is 0 Å². The second-order valence-corrected chi connectivity index (χ2v) is 10.8. The Hall–Kier alpha value is -2.10. The Labute approximate surface area is 230 Å². The number of aliphatic hydroxyl groups is 2. The third-order valence-corrected chi connectivity index (χ3v) is 7.69. The minimum Gasteiger partial charge on any atom is -0.392 e. The van der Waals surface area contributed by atoms with Crippen LogP contribution in [-0.4, -0.2) is 27.4 Å². The van der Waals surface area contributed by atoms with Gasteiger partial charge in [0.05, 0.1) is 12.2 Å². The smallest absolute Gasteiger partial charge is 0.0615 e. The van der Waals surface area contributed by atoms with E-state index in [2.05, 4.69) is 67.4 Å². The molecule has 2 N–H and O–H groups in total. The maximum atomic E-state index is 10.0. The normalized spacial score (nSPS) is 13.4. The third kappa shape index (κ3) is 7.23. The van der Waals surface area contributed by atoms with Crippen molar-refractivity contribution in [1.82, 2.24) is 4.98 Å². The minimum atomic E-state index is -0.427. The summed E-state index contributed by atoms with van der Waals surface area (Å²) in [6, 6.07) is 26.3. The summed E-state index contributed by atoms with van der Waals surface area (Å²) in [5.41, 5.74) is 1.78. The summed E-state index contributed by atoms with van der Waals surface area (Å²) in [7, 11) is 0. The van der Waals surface area contributed by atoms with Crippen LogP contribution in [0.15, 0.2) is 72.9 Å². The van der Waals surface area contributed by atoms with Crippen LogP contribution in [0.3, 0.4) is 0 Å². The van der Waals surface area contributed by atoms with E-state index in [1.807, 2.05) is 58.2 Å². The first-order valence-electron chi connectivity index (χ1n) is 12.7. The second kappa shape index (κ2) is 12.9. The van der Waals surface area contributed by atoms with Gasteiger partial charge in [0, 0.05) is 32.7 Å². The van der Waals surface area contributed by atoms with Crippen LogP contribution in [0.25, 0.3) is 32.8 Å². The maximum absolute atomic E-state index is 10.0.